The molecule has 150 valence electrons. The van der Waals surface area contributed by atoms with Crippen molar-refractivity contribution < 1.29 is 13.2 Å². The second-order valence-electron chi connectivity index (χ2n) is 6.96. The molecule has 4 rings (SSSR count). The standard InChI is InChI=1S/C21H17ClF3N3O/c22-15-7-5-13(6-8-15)19-26-18-12-28(10-9-16(18)20(29)27-19)11-14-3-1-2-4-17(14)21(23,24)25/h1-8H,9-12H2,(H,26,27,29). The Balaban J connectivity index is 1.62. The van der Waals surface area contributed by atoms with Gasteiger partial charge in [0.25, 0.3) is 5.56 Å². The molecule has 0 saturated heterocycles. The zero-order valence-corrected chi connectivity index (χ0v) is 16.0. The predicted molar refractivity (Wildman–Crippen MR) is 105 cm³/mol. The van der Waals surface area contributed by atoms with Gasteiger partial charge in [-0.3, -0.25) is 9.69 Å². The number of nitrogens with zero attached hydrogens (tertiary/aromatic N) is 2. The Bertz CT molecular complexity index is 1090. The van der Waals surface area contributed by atoms with E-state index < -0.39 is 11.7 Å². The molecule has 29 heavy (non-hydrogen) atoms. The predicted octanol–water partition coefficient (Wildman–Crippen LogP) is 4.67. The van der Waals surface area contributed by atoms with Gasteiger partial charge in [-0.2, -0.15) is 13.2 Å². The second kappa shape index (κ2) is 7.65. The third kappa shape index (κ3) is 4.21. The number of nitrogens with one attached hydrogen (secondary N) is 1. The highest BCUT2D eigenvalue weighted by atomic mass is 35.5. The molecule has 0 bridgehead atoms. The molecule has 3 aromatic rings. The first-order chi connectivity index (χ1) is 13.8. The van der Waals surface area contributed by atoms with E-state index in [1.807, 2.05) is 4.90 Å². The lowest BCUT2D eigenvalue weighted by atomic mass is 10.0. The highest BCUT2D eigenvalue weighted by Crippen LogP contribution is 2.33. The van der Waals surface area contributed by atoms with Crippen LogP contribution in [0.1, 0.15) is 22.4 Å². The summed E-state index contributed by atoms with van der Waals surface area (Å²) in [4.78, 5) is 21.7. The number of hydrogen-bond acceptors (Lipinski definition) is 3. The van der Waals surface area contributed by atoms with Crippen molar-refractivity contribution >= 4 is 11.6 Å². The molecule has 0 fully saturated rings. The van der Waals surface area contributed by atoms with Crippen LogP contribution in [0.5, 0.6) is 0 Å². The number of benzene rings is 2. The van der Waals surface area contributed by atoms with Crippen molar-refractivity contribution in [2.45, 2.75) is 25.7 Å². The number of rotatable bonds is 3. The second-order valence-corrected chi connectivity index (χ2v) is 7.40. The van der Waals surface area contributed by atoms with Gasteiger partial charge in [0, 0.05) is 35.8 Å². The van der Waals surface area contributed by atoms with E-state index in [4.69, 9.17) is 11.6 Å². The van der Waals surface area contributed by atoms with Crippen LogP contribution in [0.2, 0.25) is 5.02 Å². The fourth-order valence-electron chi connectivity index (χ4n) is 3.55. The summed E-state index contributed by atoms with van der Waals surface area (Å²) in [6, 6.07) is 12.5. The van der Waals surface area contributed by atoms with Crippen molar-refractivity contribution in [3.63, 3.8) is 0 Å². The van der Waals surface area contributed by atoms with Gasteiger partial charge >= 0.3 is 6.18 Å². The molecule has 1 N–H and O–H groups in total. The lowest BCUT2D eigenvalue weighted by Crippen LogP contribution is -2.35. The SMILES string of the molecule is O=c1[nH]c(-c2ccc(Cl)cc2)nc2c1CCN(Cc1ccccc1C(F)(F)F)C2. The van der Waals surface area contributed by atoms with E-state index in [0.29, 0.717) is 47.2 Å². The summed E-state index contributed by atoms with van der Waals surface area (Å²) in [5.41, 5.74) is 1.26. The molecule has 1 aliphatic rings. The molecular formula is C21H17ClF3N3O. The van der Waals surface area contributed by atoms with Crippen LogP contribution in [-0.4, -0.2) is 21.4 Å². The van der Waals surface area contributed by atoms with Gasteiger partial charge in [-0.25, -0.2) is 4.98 Å². The van der Waals surface area contributed by atoms with Crippen LogP contribution in [0, 0.1) is 0 Å². The summed E-state index contributed by atoms with van der Waals surface area (Å²) in [6.07, 6.45) is -3.96. The molecule has 0 spiro atoms. The zero-order valence-electron chi connectivity index (χ0n) is 15.3. The maximum absolute atomic E-state index is 13.3. The van der Waals surface area contributed by atoms with Crippen LogP contribution in [0.3, 0.4) is 0 Å². The lowest BCUT2D eigenvalue weighted by molar-refractivity contribution is -0.138. The Morgan fingerprint density at radius 2 is 1.83 bits per heavy atom. The maximum Gasteiger partial charge on any atom is 0.416 e. The van der Waals surface area contributed by atoms with Crippen LogP contribution in [0.15, 0.2) is 53.3 Å². The molecule has 4 nitrogen and oxygen atoms in total. The fraction of sp³-hybridized carbons (Fsp3) is 0.238. The van der Waals surface area contributed by atoms with Gasteiger partial charge in [-0.15, -0.1) is 0 Å². The normalized spacial score (nSPS) is 14.6. The van der Waals surface area contributed by atoms with E-state index in [0.717, 1.165) is 6.07 Å². The third-order valence-corrected chi connectivity index (χ3v) is 5.24. The van der Waals surface area contributed by atoms with Gasteiger partial charge in [0.15, 0.2) is 0 Å². The molecule has 0 amide bonds. The number of halogens is 4. The minimum atomic E-state index is -4.40. The largest absolute Gasteiger partial charge is 0.416 e. The summed E-state index contributed by atoms with van der Waals surface area (Å²) in [7, 11) is 0. The van der Waals surface area contributed by atoms with Gasteiger partial charge in [-0.1, -0.05) is 29.8 Å². The highest BCUT2D eigenvalue weighted by molar-refractivity contribution is 6.30. The van der Waals surface area contributed by atoms with Crippen LogP contribution in [-0.2, 0) is 25.7 Å². The lowest BCUT2D eigenvalue weighted by Gasteiger charge is -2.28. The van der Waals surface area contributed by atoms with E-state index in [-0.39, 0.29) is 17.7 Å². The first-order valence-corrected chi connectivity index (χ1v) is 9.44. The molecular weight excluding hydrogens is 403 g/mol. The molecule has 0 unspecified atom stereocenters. The summed E-state index contributed by atoms with van der Waals surface area (Å²) >= 11 is 5.91. The zero-order chi connectivity index (χ0) is 20.6. The Morgan fingerprint density at radius 3 is 2.55 bits per heavy atom. The molecule has 0 radical (unpaired) electrons. The summed E-state index contributed by atoms with van der Waals surface area (Å²) in [5, 5.41) is 0.573. The van der Waals surface area contributed by atoms with Gasteiger partial charge in [0.05, 0.1) is 11.3 Å². The monoisotopic (exact) mass is 419 g/mol. The first-order valence-electron chi connectivity index (χ1n) is 9.07. The number of alkyl halides is 3. The Kier molecular flexibility index (Phi) is 5.19. The Morgan fingerprint density at radius 1 is 1.10 bits per heavy atom. The molecule has 0 aliphatic carbocycles. The molecule has 0 atom stereocenters. The molecule has 0 saturated carbocycles. The van der Waals surface area contributed by atoms with Crippen molar-refractivity contribution in [3.8, 4) is 11.4 Å². The average molecular weight is 420 g/mol. The van der Waals surface area contributed by atoms with Crippen LogP contribution in [0.4, 0.5) is 13.2 Å². The van der Waals surface area contributed by atoms with E-state index in [9.17, 15) is 18.0 Å². The minimum absolute atomic E-state index is 0.139. The smallest absolute Gasteiger partial charge is 0.306 e. The van der Waals surface area contributed by atoms with E-state index in [1.54, 1.807) is 30.3 Å². The van der Waals surface area contributed by atoms with E-state index in [2.05, 4.69) is 9.97 Å². The summed E-state index contributed by atoms with van der Waals surface area (Å²) in [6.45, 7) is 0.941. The average Bonchev–Trinajstić information content (AvgIpc) is 2.68. The number of H-pyrrole nitrogens is 1. The minimum Gasteiger partial charge on any atom is -0.306 e. The Hall–Kier alpha value is -2.64. The van der Waals surface area contributed by atoms with Crippen molar-refractivity contribution in [1.82, 2.24) is 14.9 Å². The van der Waals surface area contributed by atoms with Crippen molar-refractivity contribution in [3.05, 3.63) is 86.3 Å². The molecule has 2 heterocycles. The highest BCUT2D eigenvalue weighted by Gasteiger charge is 2.33. The number of aromatic amines is 1. The van der Waals surface area contributed by atoms with Crippen molar-refractivity contribution in [2.24, 2.45) is 0 Å². The first kappa shape index (κ1) is 19.7. The topological polar surface area (TPSA) is 49.0 Å². The van der Waals surface area contributed by atoms with Crippen molar-refractivity contribution in [2.75, 3.05) is 6.54 Å². The Labute approximate surface area is 170 Å². The van der Waals surface area contributed by atoms with Gasteiger partial charge in [-0.05, 0) is 42.3 Å². The number of aromatic nitrogens is 2. The van der Waals surface area contributed by atoms with Gasteiger partial charge in [0.1, 0.15) is 5.82 Å². The van der Waals surface area contributed by atoms with Crippen molar-refractivity contribution in [1.29, 1.82) is 0 Å². The van der Waals surface area contributed by atoms with E-state index in [1.165, 1.54) is 12.1 Å². The number of hydrogen-bond donors (Lipinski definition) is 1. The van der Waals surface area contributed by atoms with Crippen LogP contribution < -0.4 is 5.56 Å². The van der Waals surface area contributed by atoms with E-state index >= 15 is 0 Å². The molecule has 1 aliphatic heterocycles. The molecule has 8 heteroatoms. The maximum atomic E-state index is 13.3. The van der Waals surface area contributed by atoms with Gasteiger partial charge < -0.3 is 4.98 Å². The number of fused-ring (bicyclic) bond motifs is 1. The van der Waals surface area contributed by atoms with Crippen LogP contribution in [0.25, 0.3) is 11.4 Å². The molecule has 2 aromatic carbocycles. The fourth-order valence-corrected chi connectivity index (χ4v) is 3.67. The van der Waals surface area contributed by atoms with Gasteiger partial charge in [0.2, 0.25) is 0 Å². The summed E-state index contributed by atoms with van der Waals surface area (Å²) < 4.78 is 39.8. The quantitative estimate of drug-likeness (QED) is 0.671. The van der Waals surface area contributed by atoms with Crippen LogP contribution >= 0.6 is 11.6 Å². The molecule has 1 aromatic heterocycles. The summed E-state index contributed by atoms with van der Waals surface area (Å²) in [5.74, 6) is 0.419. The third-order valence-electron chi connectivity index (χ3n) is 4.99.